The Morgan fingerprint density at radius 3 is 2.16 bits per heavy atom. The van der Waals surface area contributed by atoms with Crippen LogP contribution in [0.15, 0.2) is 53.4 Å². The zero-order chi connectivity index (χ0) is 18.6. The van der Waals surface area contributed by atoms with Crippen molar-refractivity contribution in [2.75, 3.05) is 0 Å². The molecule has 0 heterocycles. The smallest absolute Gasteiger partial charge is 0.322 e. The number of nitro benzene ring substituents is 1. The van der Waals surface area contributed by atoms with Crippen LogP contribution in [0.1, 0.15) is 5.56 Å². The summed E-state index contributed by atoms with van der Waals surface area (Å²) in [5.41, 5.74) is 0.231. The van der Waals surface area contributed by atoms with Crippen molar-refractivity contribution in [1.29, 1.82) is 0 Å². The molecule has 0 saturated heterocycles. The van der Waals surface area contributed by atoms with Gasteiger partial charge in [-0.05, 0) is 36.2 Å². The molecule has 0 aliphatic heterocycles. The van der Waals surface area contributed by atoms with E-state index < -0.39 is 27.0 Å². The minimum Gasteiger partial charge on any atom is -0.508 e. The normalized spacial score (nSPS) is 12.5. The van der Waals surface area contributed by atoms with E-state index >= 15 is 0 Å². The first-order chi connectivity index (χ1) is 11.7. The molecule has 132 valence electrons. The molecule has 3 N–H and O–H groups in total. The average molecular weight is 366 g/mol. The van der Waals surface area contributed by atoms with Gasteiger partial charge in [-0.15, -0.1) is 0 Å². The van der Waals surface area contributed by atoms with Gasteiger partial charge >= 0.3 is 5.97 Å². The molecular weight excluding hydrogens is 352 g/mol. The highest BCUT2D eigenvalue weighted by molar-refractivity contribution is 7.89. The van der Waals surface area contributed by atoms with Crippen LogP contribution in [0.2, 0.25) is 0 Å². The van der Waals surface area contributed by atoms with E-state index in [1.807, 2.05) is 0 Å². The summed E-state index contributed by atoms with van der Waals surface area (Å²) >= 11 is 0. The summed E-state index contributed by atoms with van der Waals surface area (Å²) in [7, 11) is -4.18. The lowest BCUT2D eigenvalue weighted by atomic mass is 10.1. The maximum Gasteiger partial charge on any atom is 0.322 e. The second-order valence-corrected chi connectivity index (χ2v) is 6.85. The first-order valence-electron chi connectivity index (χ1n) is 6.96. The molecule has 0 amide bonds. The molecule has 0 saturated carbocycles. The molecule has 9 nitrogen and oxygen atoms in total. The molecule has 0 fully saturated rings. The van der Waals surface area contributed by atoms with Gasteiger partial charge in [-0.1, -0.05) is 12.1 Å². The predicted octanol–water partition coefficient (Wildman–Crippen LogP) is 1.27. The number of carboxylic acids is 1. The maximum absolute atomic E-state index is 12.3. The number of phenolic OH excluding ortho intramolecular Hbond substituents is 1. The molecule has 0 aliphatic rings. The molecule has 0 bridgehead atoms. The molecule has 25 heavy (non-hydrogen) atoms. The summed E-state index contributed by atoms with van der Waals surface area (Å²) in [5.74, 6) is -1.37. The molecule has 2 aromatic carbocycles. The zero-order valence-corrected chi connectivity index (χ0v) is 13.5. The summed E-state index contributed by atoms with van der Waals surface area (Å²) in [4.78, 5) is 21.0. The van der Waals surface area contributed by atoms with Crippen LogP contribution in [0.5, 0.6) is 5.75 Å². The molecule has 0 spiro atoms. The van der Waals surface area contributed by atoms with Crippen LogP contribution >= 0.6 is 0 Å². The van der Waals surface area contributed by atoms with E-state index in [1.54, 1.807) is 0 Å². The van der Waals surface area contributed by atoms with Crippen LogP contribution in [0.4, 0.5) is 5.69 Å². The number of aromatic hydroxyl groups is 1. The highest BCUT2D eigenvalue weighted by Gasteiger charge is 2.26. The van der Waals surface area contributed by atoms with Gasteiger partial charge in [0.15, 0.2) is 0 Å². The molecule has 1 unspecified atom stereocenters. The van der Waals surface area contributed by atoms with Crippen LogP contribution in [-0.4, -0.2) is 35.6 Å². The third-order valence-electron chi connectivity index (χ3n) is 3.33. The van der Waals surface area contributed by atoms with Crippen molar-refractivity contribution in [2.24, 2.45) is 0 Å². The zero-order valence-electron chi connectivity index (χ0n) is 12.7. The third-order valence-corrected chi connectivity index (χ3v) is 4.82. The van der Waals surface area contributed by atoms with E-state index in [1.165, 1.54) is 24.3 Å². The van der Waals surface area contributed by atoms with Gasteiger partial charge in [-0.3, -0.25) is 14.9 Å². The number of phenols is 1. The van der Waals surface area contributed by atoms with Crippen molar-refractivity contribution in [3.05, 3.63) is 64.2 Å². The van der Waals surface area contributed by atoms with Gasteiger partial charge < -0.3 is 10.2 Å². The van der Waals surface area contributed by atoms with Crippen molar-refractivity contribution in [2.45, 2.75) is 17.4 Å². The van der Waals surface area contributed by atoms with Crippen LogP contribution in [0.3, 0.4) is 0 Å². The SMILES string of the molecule is O=C(O)C(Cc1ccc(O)cc1)NS(=O)(=O)c1ccc([N+](=O)[O-])cc1. The first kappa shape index (κ1) is 18.4. The topological polar surface area (TPSA) is 147 Å². The molecule has 0 aliphatic carbocycles. The Morgan fingerprint density at radius 2 is 1.68 bits per heavy atom. The fourth-order valence-corrected chi connectivity index (χ4v) is 3.24. The minimum absolute atomic E-state index is 0.00193. The van der Waals surface area contributed by atoms with Crippen molar-refractivity contribution in [1.82, 2.24) is 4.72 Å². The largest absolute Gasteiger partial charge is 0.508 e. The Kier molecular flexibility index (Phi) is 5.35. The second kappa shape index (κ2) is 7.28. The number of sulfonamides is 1. The minimum atomic E-state index is -4.18. The van der Waals surface area contributed by atoms with E-state index in [0.29, 0.717) is 5.56 Å². The van der Waals surface area contributed by atoms with Crippen LogP contribution in [0.25, 0.3) is 0 Å². The monoisotopic (exact) mass is 366 g/mol. The van der Waals surface area contributed by atoms with Crippen molar-refractivity contribution in [3.8, 4) is 5.75 Å². The quantitative estimate of drug-likeness (QED) is 0.494. The Labute approximate surface area is 142 Å². The molecule has 2 aromatic rings. The van der Waals surface area contributed by atoms with Crippen molar-refractivity contribution < 1.29 is 28.3 Å². The van der Waals surface area contributed by atoms with Gasteiger partial charge in [-0.2, -0.15) is 4.72 Å². The Morgan fingerprint density at radius 1 is 1.12 bits per heavy atom. The number of carbonyl (C=O) groups is 1. The van der Waals surface area contributed by atoms with Gasteiger partial charge in [0.05, 0.1) is 9.82 Å². The Bertz CT molecular complexity index is 877. The number of benzene rings is 2. The fraction of sp³-hybridized carbons (Fsp3) is 0.133. The molecule has 0 radical (unpaired) electrons. The van der Waals surface area contributed by atoms with Crippen LogP contribution in [0, 0.1) is 10.1 Å². The van der Waals surface area contributed by atoms with Gasteiger partial charge in [0, 0.05) is 12.1 Å². The summed E-state index contributed by atoms with van der Waals surface area (Å²) < 4.78 is 26.6. The van der Waals surface area contributed by atoms with E-state index in [2.05, 4.69) is 4.72 Å². The number of nitro groups is 1. The van der Waals surface area contributed by atoms with E-state index in [-0.39, 0.29) is 22.8 Å². The lowest BCUT2D eigenvalue weighted by molar-refractivity contribution is -0.384. The second-order valence-electron chi connectivity index (χ2n) is 5.13. The van der Waals surface area contributed by atoms with E-state index in [9.17, 15) is 33.5 Å². The summed E-state index contributed by atoms with van der Waals surface area (Å²) in [6.45, 7) is 0. The number of nitrogens with one attached hydrogen (secondary N) is 1. The van der Waals surface area contributed by atoms with Crippen LogP contribution in [-0.2, 0) is 21.2 Å². The fourth-order valence-electron chi connectivity index (χ4n) is 2.05. The summed E-state index contributed by atoms with van der Waals surface area (Å²) in [6, 6.07) is 8.33. The van der Waals surface area contributed by atoms with Gasteiger partial charge in [0.2, 0.25) is 10.0 Å². The standard InChI is InChI=1S/C15H14N2O7S/c18-12-5-1-10(2-6-12)9-14(15(19)20)16-25(23,24)13-7-3-11(4-8-13)17(21)22/h1-8,14,16,18H,9H2,(H,19,20). The highest BCUT2D eigenvalue weighted by Crippen LogP contribution is 2.17. The van der Waals surface area contributed by atoms with Crippen LogP contribution < -0.4 is 4.72 Å². The third kappa shape index (κ3) is 4.75. The molecule has 2 rings (SSSR count). The predicted molar refractivity (Wildman–Crippen MR) is 86.7 cm³/mol. The number of non-ortho nitro benzene ring substituents is 1. The number of rotatable bonds is 7. The number of nitrogens with zero attached hydrogens (tertiary/aromatic N) is 1. The van der Waals surface area contributed by atoms with Gasteiger partial charge in [-0.25, -0.2) is 8.42 Å². The highest BCUT2D eigenvalue weighted by atomic mass is 32.2. The lowest BCUT2D eigenvalue weighted by Crippen LogP contribution is -2.42. The maximum atomic E-state index is 12.3. The number of hydrogen-bond donors (Lipinski definition) is 3. The van der Waals surface area contributed by atoms with E-state index in [4.69, 9.17) is 0 Å². The Hall–Kier alpha value is -2.98. The number of hydrogen-bond acceptors (Lipinski definition) is 6. The molecule has 0 aromatic heterocycles. The van der Waals surface area contributed by atoms with Crippen molar-refractivity contribution in [3.63, 3.8) is 0 Å². The molecule has 10 heteroatoms. The summed E-state index contributed by atoms with van der Waals surface area (Å²) in [6.07, 6.45) is -0.137. The van der Waals surface area contributed by atoms with Gasteiger partial charge in [0.25, 0.3) is 5.69 Å². The average Bonchev–Trinajstić information content (AvgIpc) is 2.56. The molecular formula is C15H14N2O7S. The van der Waals surface area contributed by atoms with E-state index in [0.717, 1.165) is 24.3 Å². The number of aliphatic carboxylic acids is 1. The first-order valence-corrected chi connectivity index (χ1v) is 8.45. The van der Waals surface area contributed by atoms with Crippen molar-refractivity contribution >= 4 is 21.7 Å². The van der Waals surface area contributed by atoms with Gasteiger partial charge in [0.1, 0.15) is 11.8 Å². The Balaban J connectivity index is 2.20. The number of carboxylic acid groups (broad SMARTS) is 1. The molecule has 1 atom stereocenters. The lowest BCUT2D eigenvalue weighted by Gasteiger charge is -2.15. The summed E-state index contributed by atoms with van der Waals surface area (Å²) in [5, 5.41) is 29.1.